The maximum Gasteiger partial charge on any atom is 0.417 e. The van der Waals surface area contributed by atoms with Crippen LogP contribution in [0, 0.1) is 0 Å². The van der Waals surface area contributed by atoms with Crippen LogP contribution in [0.5, 0.6) is 0 Å². The summed E-state index contributed by atoms with van der Waals surface area (Å²) in [5, 5.41) is 7.19. The third kappa shape index (κ3) is 5.03. The highest BCUT2D eigenvalue weighted by molar-refractivity contribution is 6.30. The third-order valence-corrected chi connectivity index (χ3v) is 4.34. The minimum atomic E-state index is -4.64. The number of halogens is 4. The van der Waals surface area contributed by atoms with Crippen molar-refractivity contribution in [2.45, 2.75) is 12.7 Å². The largest absolute Gasteiger partial charge is 0.417 e. The van der Waals surface area contributed by atoms with Gasteiger partial charge in [0.25, 0.3) is 11.5 Å². The number of carbonyl (C=O) groups excluding carboxylic acids is 1. The highest BCUT2D eigenvalue weighted by atomic mass is 35.5. The summed E-state index contributed by atoms with van der Waals surface area (Å²) < 4.78 is 40.2. The lowest BCUT2D eigenvalue weighted by molar-refractivity contribution is -0.137. The summed E-state index contributed by atoms with van der Waals surface area (Å²) in [6.45, 7) is -0.0673. The quantitative estimate of drug-likeness (QED) is 0.677. The fourth-order valence-electron chi connectivity index (χ4n) is 2.68. The fourth-order valence-corrected chi connectivity index (χ4v) is 2.81. The van der Waals surface area contributed by atoms with E-state index in [1.807, 2.05) is 0 Å². The maximum atomic E-state index is 13.0. The first-order chi connectivity index (χ1) is 13.8. The van der Waals surface area contributed by atoms with Gasteiger partial charge in [-0.25, -0.2) is 4.68 Å². The van der Waals surface area contributed by atoms with Crippen LogP contribution in [-0.4, -0.2) is 22.2 Å². The standard InChI is InChI=1S/C20H15ClF3N3O2/c21-14-7-5-13(6-8-14)17-9-10-18(28)27(26-17)12-11-25-19(29)15-3-1-2-4-16(15)20(22,23)24/h1-10H,11-12H2,(H,25,29). The molecular formula is C20H15ClF3N3O2. The van der Waals surface area contributed by atoms with Crippen molar-refractivity contribution in [2.24, 2.45) is 0 Å². The number of hydrogen-bond donors (Lipinski definition) is 1. The molecule has 0 bridgehead atoms. The molecule has 2 aromatic carbocycles. The lowest BCUT2D eigenvalue weighted by Crippen LogP contribution is -2.32. The van der Waals surface area contributed by atoms with Gasteiger partial charge in [0.15, 0.2) is 0 Å². The van der Waals surface area contributed by atoms with Crippen LogP contribution in [0.3, 0.4) is 0 Å². The summed E-state index contributed by atoms with van der Waals surface area (Å²) >= 11 is 5.86. The van der Waals surface area contributed by atoms with Gasteiger partial charge in [-0.3, -0.25) is 9.59 Å². The van der Waals surface area contributed by atoms with Crippen molar-refractivity contribution in [1.82, 2.24) is 15.1 Å². The summed E-state index contributed by atoms with van der Waals surface area (Å²) in [6.07, 6.45) is -4.64. The van der Waals surface area contributed by atoms with Gasteiger partial charge in [0.1, 0.15) is 0 Å². The summed E-state index contributed by atoms with van der Waals surface area (Å²) in [4.78, 5) is 24.2. The Balaban J connectivity index is 1.71. The number of nitrogens with one attached hydrogen (secondary N) is 1. The van der Waals surface area contributed by atoms with E-state index in [9.17, 15) is 22.8 Å². The van der Waals surface area contributed by atoms with Crippen molar-refractivity contribution in [3.8, 4) is 11.3 Å². The Morgan fingerprint density at radius 1 is 1.03 bits per heavy atom. The van der Waals surface area contributed by atoms with Crippen LogP contribution in [0.15, 0.2) is 65.5 Å². The molecule has 29 heavy (non-hydrogen) atoms. The molecule has 0 aliphatic carbocycles. The number of benzene rings is 2. The SMILES string of the molecule is O=C(NCCn1nc(-c2ccc(Cl)cc2)ccc1=O)c1ccccc1C(F)(F)F. The smallest absolute Gasteiger partial charge is 0.350 e. The zero-order valence-corrected chi connectivity index (χ0v) is 15.7. The van der Waals surface area contributed by atoms with Gasteiger partial charge in [-0.15, -0.1) is 0 Å². The number of amides is 1. The summed E-state index contributed by atoms with van der Waals surface area (Å²) in [6, 6.07) is 14.3. The number of hydrogen-bond acceptors (Lipinski definition) is 3. The van der Waals surface area contributed by atoms with Crippen molar-refractivity contribution in [3.63, 3.8) is 0 Å². The molecule has 1 N–H and O–H groups in total. The molecule has 150 valence electrons. The molecule has 5 nitrogen and oxygen atoms in total. The molecule has 0 saturated heterocycles. The van der Waals surface area contributed by atoms with Gasteiger partial charge in [-0.05, 0) is 30.3 Å². The molecule has 0 unspecified atom stereocenters. The monoisotopic (exact) mass is 421 g/mol. The van der Waals surface area contributed by atoms with E-state index < -0.39 is 28.8 Å². The van der Waals surface area contributed by atoms with Crippen LogP contribution in [0.25, 0.3) is 11.3 Å². The lowest BCUT2D eigenvalue weighted by atomic mass is 10.1. The van der Waals surface area contributed by atoms with Gasteiger partial charge in [-0.2, -0.15) is 18.3 Å². The van der Waals surface area contributed by atoms with E-state index in [4.69, 9.17) is 11.6 Å². The molecule has 1 aromatic heterocycles. The zero-order chi connectivity index (χ0) is 21.0. The average Bonchev–Trinajstić information content (AvgIpc) is 2.69. The molecule has 1 heterocycles. The normalized spacial score (nSPS) is 11.3. The minimum absolute atomic E-state index is 0.000186. The number of alkyl halides is 3. The zero-order valence-electron chi connectivity index (χ0n) is 14.9. The molecule has 0 fully saturated rings. The van der Waals surface area contributed by atoms with Gasteiger partial charge in [0.2, 0.25) is 0 Å². The van der Waals surface area contributed by atoms with Crippen LogP contribution in [0.4, 0.5) is 13.2 Å². The molecule has 3 aromatic rings. The molecule has 0 saturated carbocycles. The highest BCUT2D eigenvalue weighted by Crippen LogP contribution is 2.31. The van der Waals surface area contributed by atoms with Crippen LogP contribution in [0.1, 0.15) is 15.9 Å². The van der Waals surface area contributed by atoms with Crippen LogP contribution < -0.4 is 10.9 Å². The van der Waals surface area contributed by atoms with E-state index >= 15 is 0 Å². The van der Waals surface area contributed by atoms with E-state index in [-0.39, 0.29) is 13.1 Å². The topological polar surface area (TPSA) is 64.0 Å². The molecule has 0 atom stereocenters. The average molecular weight is 422 g/mol. The van der Waals surface area contributed by atoms with Gasteiger partial charge in [0, 0.05) is 23.2 Å². The number of carbonyl (C=O) groups is 1. The molecular weight excluding hydrogens is 407 g/mol. The van der Waals surface area contributed by atoms with Crippen LogP contribution in [-0.2, 0) is 12.7 Å². The van der Waals surface area contributed by atoms with Crippen molar-refractivity contribution in [3.05, 3.63) is 87.2 Å². The Morgan fingerprint density at radius 3 is 2.41 bits per heavy atom. The Labute approximate surface area is 168 Å². The van der Waals surface area contributed by atoms with Crippen LogP contribution in [0.2, 0.25) is 5.02 Å². The van der Waals surface area contributed by atoms with Gasteiger partial charge >= 0.3 is 6.18 Å². The summed E-state index contributed by atoms with van der Waals surface area (Å²) in [7, 11) is 0. The predicted octanol–water partition coefficient (Wildman–Crippen LogP) is 4.01. The first kappa shape index (κ1) is 20.6. The van der Waals surface area contributed by atoms with Crippen molar-refractivity contribution < 1.29 is 18.0 Å². The van der Waals surface area contributed by atoms with Gasteiger partial charge in [0.05, 0.1) is 23.4 Å². The van der Waals surface area contributed by atoms with Crippen LogP contribution >= 0.6 is 11.6 Å². The third-order valence-electron chi connectivity index (χ3n) is 4.09. The molecule has 0 aliphatic heterocycles. The second kappa shape index (κ2) is 8.48. The number of nitrogens with zero attached hydrogens (tertiary/aromatic N) is 2. The molecule has 3 rings (SSSR count). The maximum absolute atomic E-state index is 13.0. The minimum Gasteiger partial charge on any atom is -0.350 e. The van der Waals surface area contributed by atoms with Gasteiger partial charge < -0.3 is 5.32 Å². The first-order valence-electron chi connectivity index (χ1n) is 8.54. The number of rotatable bonds is 5. The molecule has 0 spiro atoms. The lowest BCUT2D eigenvalue weighted by Gasteiger charge is -2.13. The highest BCUT2D eigenvalue weighted by Gasteiger charge is 2.34. The van der Waals surface area contributed by atoms with E-state index in [0.29, 0.717) is 10.7 Å². The second-order valence-electron chi connectivity index (χ2n) is 6.09. The molecule has 9 heteroatoms. The van der Waals surface area contributed by atoms with E-state index in [1.54, 1.807) is 30.3 Å². The Hall–Kier alpha value is -3.13. The Bertz CT molecular complexity index is 1080. The number of aromatic nitrogens is 2. The molecule has 0 radical (unpaired) electrons. The second-order valence-corrected chi connectivity index (χ2v) is 6.52. The van der Waals surface area contributed by atoms with E-state index in [2.05, 4.69) is 10.4 Å². The molecule has 1 amide bonds. The van der Waals surface area contributed by atoms with Crippen molar-refractivity contribution in [2.75, 3.05) is 6.54 Å². The Kier molecular flexibility index (Phi) is 6.03. The summed E-state index contributed by atoms with van der Waals surface area (Å²) in [5.74, 6) is -0.875. The predicted molar refractivity (Wildman–Crippen MR) is 103 cm³/mol. The van der Waals surface area contributed by atoms with Gasteiger partial charge in [-0.1, -0.05) is 35.9 Å². The molecule has 0 aliphatic rings. The summed E-state index contributed by atoms with van der Waals surface area (Å²) in [5.41, 5.74) is -0.623. The van der Waals surface area contributed by atoms with E-state index in [1.165, 1.54) is 18.2 Å². The Morgan fingerprint density at radius 2 is 1.72 bits per heavy atom. The fraction of sp³-hybridized carbons (Fsp3) is 0.150. The first-order valence-corrected chi connectivity index (χ1v) is 8.92. The van der Waals surface area contributed by atoms with E-state index in [0.717, 1.165) is 22.4 Å². The van der Waals surface area contributed by atoms with Crippen molar-refractivity contribution in [1.29, 1.82) is 0 Å². The van der Waals surface area contributed by atoms with Crippen molar-refractivity contribution >= 4 is 17.5 Å².